The fourth-order valence-electron chi connectivity index (χ4n) is 2.82. The number of carbonyl (C=O) groups excluding carboxylic acids is 1. The van der Waals surface area contributed by atoms with Gasteiger partial charge in [0.15, 0.2) is 0 Å². The molecular weight excluding hydrogens is 340 g/mol. The summed E-state index contributed by atoms with van der Waals surface area (Å²) in [6.07, 6.45) is -0.0434. The van der Waals surface area contributed by atoms with Crippen LogP contribution in [0.3, 0.4) is 0 Å². The smallest absolute Gasteiger partial charge is 0.308 e. The van der Waals surface area contributed by atoms with E-state index in [1.807, 2.05) is 0 Å². The van der Waals surface area contributed by atoms with Crippen molar-refractivity contribution in [3.8, 4) is 0 Å². The van der Waals surface area contributed by atoms with Crippen LogP contribution in [0.15, 0.2) is 48.5 Å². The van der Waals surface area contributed by atoms with Crippen LogP contribution in [0.1, 0.15) is 43.4 Å². The quantitative estimate of drug-likeness (QED) is 0.782. The molecule has 6 heteroatoms. The Balaban J connectivity index is 2.13. The predicted molar refractivity (Wildman–Crippen MR) is 93.5 cm³/mol. The molecule has 0 aromatic heterocycles. The van der Waals surface area contributed by atoms with Crippen LogP contribution in [-0.2, 0) is 9.59 Å². The van der Waals surface area contributed by atoms with Crippen molar-refractivity contribution in [2.75, 3.05) is 0 Å². The number of carbonyl (C=O) groups is 2. The Morgan fingerprint density at radius 2 is 1.73 bits per heavy atom. The molecule has 2 rings (SSSR count). The molecule has 1 amide bonds. The van der Waals surface area contributed by atoms with Crippen LogP contribution in [0.4, 0.5) is 8.78 Å². The van der Waals surface area contributed by atoms with E-state index in [9.17, 15) is 23.5 Å². The lowest BCUT2D eigenvalue weighted by Crippen LogP contribution is -2.36. The standard InChI is InChI=1S/C20H21F2NO3/c1-12(16-9-8-15(21)11-17(16)22)10-18(24)23-19(13(2)20(25)26)14-6-4-3-5-7-14/h3-9,11-13,19H,10H2,1-2H3,(H,23,24)(H,25,26). The predicted octanol–water partition coefficient (Wildman–Crippen LogP) is 4.04. The number of rotatable bonds is 7. The summed E-state index contributed by atoms with van der Waals surface area (Å²) in [5.41, 5.74) is 0.917. The van der Waals surface area contributed by atoms with E-state index in [4.69, 9.17) is 0 Å². The van der Waals surface area contributed by atoms with E-state index >= 15 is 0 Å². The van der Waals surface area contributed by atoms with E-state index in [0.717, 1.165) is 12.1 Å². The van der Waals surface area contributed by atoms with Gasteiger partial charge in [-0.15, -0.1) is 0 Å². The molecule has 0 fully saturated rings. The maximum Gasteiger partial charge on any atom is 0.308 e. The van der Waals surface area contributed by atoms with Crippen molar-refractivity contribution < 1.29 is 23.5 Å². The van der Waals surface area contributed by atoms with Gasteiger partial charge >= 0.3 is 5.97 Å². The van der Waals surface area contributed by atoms with Gasteiger partial charge in [0.25, 0.3) is 0 Å². The molecule has 0 aliphatic carbocycles. The first kappa shape index (κ1) is 19.6. The van der Waals surface area contributed by atoms with Crippen LogP contribution in [0.5, 0.6) is 0 Å². The molecule has 0 saturated carbocycles. The largest absolute Gasteiger partial charge is 0.481 e. The summed E-state index contributed by atoms with van der Waals surface area (Å²) in [6.45, 7) is 3.18. The molecule has 4 nitrogen and oxygen atoms in total. The topological polar surface area (TPSA) is 66.4 Å². The summed E-state index contributed by atoms with van der Waals surface area (Å²) < 4.78 is 26.9. The minimum Gasteiger partial charge on any atom is -0.481 e. The van der Waals surface area contributed by atoms with Crippen molar-refractivity contribution in [3.05, 3.63) is 71.3 Å². The molecule has 26 heavy (non-hydrogen) atoms. The molecule has 138 valence electrons. The van der Waals surface area contributed by atoms with Gasteiger partial charge in [-0.25, -0.2) is 8.78 Å². The average Bonchev–Trinajstić information content (AvgIpc) is 2.59. The van der Waals surface area contributed by atoms with Gasteiger partial charge in [0.05, 0.1) is 12.0 Å². The van der Waals surface area contributed by atoms with Gasteiger partial charge in [-0.1, -0.05) is 43.3 Å². The number of nitrogens with one attached hydrogen (secondary N) is 1. The average molecular weight is 361 g/mol. The van der Waals surface area contributed by atoms with Crippen molar-refractivity contribution in [3.63, 3.8) is 0 Å². The summed E-state index contributed by atoms with van der Waals surface area (Å²) in [5, 5.41) is 12.0. The Morgan fingerprint density at radius 3 is 2.31 bits per heavy atom. The fourth-order valence-corrected chi connectivity index (χ4v) is 2.82. The molecule has 0 bridgehead atoms. The number of amides is 1. The highest BCUT2D eigenvalue weighted by Gasteiger charge is 2.27. The molecule has 0 heterocycles. The third-order valence-electron chi connectivity index (χ3n) is 4.35. The van der Waals surface area contributed by atoms with Crippen LogP contribution in [-0.4, -0.2) is 17.0 Å². The van der Waals surface area contributed by atoms with E-state index in [-0.39, 0.29) is 12.0 Å². The number of hydrogen-bond acceptors (Lipinski definition) is 2. The number of carboxylic acids is 1. The number of aliphatic carboxylic acids is 1. The molecule has 2 N–H and O–H groups in total. The monoisotopic (exact) mass is 361 g/mol. The Hall–Kier alpha value is -2.76. The maximum absolute atomic E-state index is 13.9. The van der Waals surface area contributed by atoms with Crippen molar-refractivity contribution in [2.24, 2.45) is 5.92 Å². The number of halogens is 2. The molecule has 0 aliphatic heterocycles. The van der Waals surface area contributed by atoms with E-state index in [1.165, 1.54) is 13.0 Å². The molecule has 2 aromatic carbocycles. The third kappa shape index (κ3) is 4.88. The highest BCUT2D eigenvalue weighted by Crippen LogP contribution is 2.25. The molecule has 3 unspecified atom stereocenters. The van der Waals surface area contributed by atoms with E-state index in [0.29, 0.717) is 5.56 Å². The Morgan fingerprint density at radius 1 is 1.08 bits per heavy atom. The molecule has 0 radical (unpaired) electrons. The van der Waals surface area contributed by atoms with Gasteiger partial charge in [-0.3, -0.25) is 9.59 Å². The zero-order valence-electron chi connectivity index (χ0n) is 14.6. The van der Waals surface area contributed by atoms with Gasteiger partial charge in [-0.05, 0) is 30.0 Å². The van der Waals surface area contributed by atoms with Crippen LogP contribution in [0.2, 0.25) is 0 Å². The van der Waals surface area contributed by atoms with Gasteiger partial charge < -0.3 is 10.4 Å². The van der Waals surface area contributed by atoms with E-state index in [1.54, 1.807) is 37.3 Å². The van der Waals surface area contributed by atoms with E-state index < -0.39 is 41.4 Å². The summed E-state index contributed by atoms with van der Waals surface area (Å²) in [4.78, 5) is 23.8. The summed E-state index contributed by atoms with van der Waals surface area (Å²) in [5.74, 6) is -4.13. The van der Waals surface area contributed by atoms with Gasteiger partial charge in [0.2, 0.25) is 5.91 Å². The minimum atomic E-state index is -1.03. The molecule has 3 atom stereocenters. The lowest BCUT2D eigenvalue weighted by atomic mass is 9.93. The first-order valence-electron chi connectivity index (χ1n) is 8.31. The molecule has 0 aliphatic rings. The van der Waals surface area contributed by atoms with Gasteiger partial charge in [-0.2, -0.15) is 0 Å². The highest BCUT2D eigenvalue weighted by atomic mass is 19.1. The van der Waals surface area contributed by atoms with Crippen molar-refractivity contribution in [2.45, 2.75) is 32.2 Å². The second-order valence-electron chi connectivity index (χ2n) is 6.35. The molecule has 0 spiro atoms. The Kier molecular flexibility index (Phi) is 6.44. The second kappa shape index (κ2) is 8.56. The van der Waals surface area contributed by atoms with Crippen molar-refractivity contribution >= 4 is 11.9 Å². The lowest BCUT2D eigenvalue weighted by molar-refractivity contribution is -0.142. The zero-order chi connectivity index (χ0) is 19.3. The van der Waals surface area contributed by atoms with Crippen molar-refractivity contribution in [1.82, 2.24) is 5.32 Å². The molecule has 2 aromatic rings. The molecule has 0 saturated heterocycles. The number of benzene rings is 2. The Labute approximate surface area is 150 Å². The maximum atomic E-state index is 13.9. The van der Waals surface area contributed by atoms with Crippen molar-refractivity contribution in [1.29, 1.82) is 0 Å². The summed E-state index contributed by atoms with van der Waals surface area (Å²) >= 11 is 0. The van der Waals surface area contributed by atoms with Gasteiger partial charge in [0, 0.05) is 12.5 Å². The third-order valence-corrected chi connectivity index (χ3v) is 4.35. The summed E-state index contributed by atoms with van der Waals surface area (Å²) in [6, 6.07) is 11.4. The minimum absolute atomic E-state index is 0.0434. The highest BCUT2D eigenvalue weighted by molar-refractivity contribution is 5.79. The van der Waals surface area contributed by atoms with Crippen LogP contribution < -0.4 is 5.32 Å². The molecular formula is C20H21F2NO3. The van der Waals surface area contributed by atoms with Crippen LogP contribution >= 0.6 is 0 Å². The SMILES string of the molecule is CC(CC(=O)NC(c1ccccc1)C(C)C(=O)O)c1ccc(F)cc1F. The van der Waals surface area contributed by atoms with Gasteiger partial charge in [0.1, 0.15) is 11.6 Å². The zero-order valence-corrected chi connectivity index (χ0v) is 14.6. The fraction of sp³-hybridized carbons (Fsp3) is 0.300. The number of carboxylic acid groups (broad SMARTS) is 1. The first-order chi connectivity index (χ1) is 12.3. The van der Waals surface area contributed by atoms with Crippen LogP contribution in [0, 0.1) is 17.6 Å². The summed E-state index contributed by atoms with van der Waals surface area (Å²) in [7, 11) is 0. The number of hydrogen-bond donors (Lipinski definition) is 2. The first-order valence-corrected chi connectivity index (χ1v) is 8.31. The second-order valence-corrected chi connectivity index (χ2v) is 6.35. The van der Waals surface area contributed by atoms with Crippen LogP contribution in [0.25, 0.3) is 0 Å². The van der Waals surface area contributed by atoms with E-state index in [2.05, 4.69) is 5.32 Å². The normalized spacial score (nSPS) is 14.3. The Bertz CT molecular complexity index is 780. The lowest BCUT2D eigenvalue weighted by Gasteiger charge is -2.24.